The van der Waals surface area contributed by atoms with Gasteiger partial charge < -0.3 is 5.11 Å². The third-order valence-electron chi connectivity index (χ3n) is 2.36. The molecule has 98 valence electrons. The Bertz CT molecular complexity index is 561. The molecule has 2 heterocycles. The highest BCUT2D eigenvalue weighted by Crippen LogP contribution is 2.25. The van der Waals surface area contributed by atoms with Crippen LogP contribution in [-0.2, 0) is 10.0 Å². The van der Waals surface area contributed by atoms with Gasteiger partial charge in [0.2, 0.25) is 0 Å². The van der Waals surface area contributed by atoms with E-state index >= 15 is 0 Å². The molecule has 7 heteroatoms. The zero-order chi connectivity index (χ0) is 13.0. The van der Waals surface area contributed by atoms with Gasteiger partial charge in [0.15, 0.2) is 0 Å². The summed E-state index contributed by atoms with van der Waals surface area (Å²) in [5.41, 5.74) is 0. The van der Waals surface area contributed by atoms with Crippen LogP contribution in [0.5, 0.6) is 0 Å². The van der Waals surface area contributed by atoms with Crippen LogP contribution in [0, 0.1) is 0 Å². The molecule has 0 saturated carbocycles. The van der Waals surface area contributed by atoms with Crippen molar-refractivity contribution in [2.45, 2.75) is 16.7 Å². The summed E-state index contributed by atoms with van der Waals surface area (Å²) in [5.74, 6) is 0. The Balaban J connectivity index is 2.20. The van der Waals surface area contributed by atoms with E-state index in [2.05, 4.69) is 4.72 Å². The Morgan fingerprint density at radius 2 is 1.94 bits per heavy atom. The third-order valence-corrected chi connectivity index (χ3v) is 6.22. The van der Waals surface area contributed by atoms with Crippen molar-refractivity contribution in [1.29, 1.82) is 0 Å². The highest BCUT2D eigenvalue weighted by Gasteiger charge is 2.22. The van der Waals surface area contributed by atoms with Crippen molar-refractivity contribution in [3.05, 3.63) is 39.9 Å². The van der Waals surface area contributed by atoms with Crippen LogP contribution in [0.3, 0.4) is 0 Å². The molecule has 0 fully saturated rings. The standard InChI is InChI=1S/C11H13NO3S3/c13-6-5-9(10-3-1-7-16-10)12-18(14,15)11-4-2-8-17-11/h1-4,7-9,12-13H,5-6H2. The van der Waals surface area contributed by atoms with Gasteiger partial charge in [-0.3, -0.25) is 0 Å². The van der Waals surface area contributed by atoms with Crippen LogP contribution in [0.15, 0.2) is 39.2 Å². The lowest BCUT2D eigenvalue weighted by atomic mass is 10.2. The molecule has 0 bridgehead atoms. The number of aliphatic hydroxyl groups excluding tert-OH is 1. The molecule has 0 aromatic carbocycles. The number of hydrogen-bond donors (Lipinski definition) is 2. The maximum absolute atomic E-state index is 12.1. The highest BCUT2D eigenvalue weighted by atomic mass is 32.2. The van der Waals surface area contributed by atoms with E-state index in [0.717, 1.165) is 4.88 Å². The smallest absolute Gasteiger partial charge is 0.250 e. The van der Waals surface area contributed by atoms with Crippen molar-refractivity contribution in [3.63, 3.8) is 0 Å². The minimum absolute atomic E-state index is 0.0600. The van der Waals surface area contributed by atoms with Gasteiger partial charge in [-0.2, -0.15) is 0 Å². The summed E-state index contributed by atoms with van der Waals surface area (Å²) in [6.07, 6.45) is 0.366. The largest absolute Gasteiger partial charge is 0.396 e. The van der Waals surface area contributed by atoms with Crippen LogP contribution < -0.4 is 4.72 Å². The van der Waals surface area contributed by atoms with Gasteiger partial charge >= 0.3 is 0 Å². The van der Waals surface area contributed by atoms with Gasteiger partial charge in [0.05, 0.1) is 6.04 Å². The zero-order valence-electron chi connectivity index (χ0n) is 9.44. The van der Waals surface area contributed by atoms with Crippen molar-refractivity contribution >= 4 is 32.7 Å². The molecule has 1 unspecified atom stereocenters. The summed E-state index contributed by atoms with van der Waals surface area (Å²) >= 11 is 2.65. The van der Waals surface area contributed by atoms with Crippen molar-refractivity contribution in [3.8, 4) is 0 Å². The van der Waals surface area contributed by atoms with Crippen molar-refractivity contribution in [2.75, 3.05) is 6.61 Å². The quantitative estimate of drug-likeness (QED) is 0.860. The first-order valence-electron chi connectivity index (χ1n) is 5.33. The average molecular weight is 303 g/mol. The fraction of sp³-hybridized carbons (Fsp3) is 0.273. The summed E-state index contributed by atoms with van der Waals surface area (Å²) in [5, 5.41) is 12.6. The molecular formula is C11H13NO3S3. The van der Waals surface area contributed by atoms with E-state index < -0.39 is 10.0 Å². The molecule has 4 nitrogen and oxygen atoms in total. The predicted molar refractivity (Wildman–Crippen MR) is 73.4 cm³/mol. The highest BCUT2D eigenvalue weighted by molar-refractivity contribution is 7.91. The summed E-state index contributed by atoms with van der Waals surface area (Å²) in [6.45, 7) is -0.0600. The molecule has 2 aromatic heterocycles. The minimum Gasteiger partial charge on any atom is -0.396 e. The van der Waals surface area contributed by atoms with Crippen LogP contribution in [0.2, 0.25) is 0 Å². The van der Waals surface area contributed by atoms with E-state index in [0.29, 0.717) is 10.6 Å². The maximum atomic E-state index is 12.1. The van der Waals surface area contributed by atoms with Gasteiger partial charge in [-0.05, 0) is 29.3 Å². The van der Waals surface area contributed by atoms with Crippen molar-refractivity contribution in [1.82, 2.24) is 4.72 Å². The predicted octanol–water partition coefficient (Wildman–Crippen LogP) is 2.21. The zero-order valence-corrected chi connectivity index (χ0v) is 11.9. The minimum atomic E-state index is -3.50. The lowest BCUT2D eigenvalue weighted by Gasteiger charge is -2.15. The lowest BCUT2D eigenvalue weighted by Crippen LogP contribution is -2.28. The molecule has 2 N–H and O–H groups in total. The van der Waals surface area contributed by atoms with Gasteiger partial charge in [-0.25, -0.2) is 13.1 Å². The van der Waals surface area contributed by atoms with Crippen LogP contribution in [0.4, 0.5) is 0 Å². The van der Waals surface area contributed by atoms with Gasteiger partial charge in [-0.15, -0.1) is 22.7 Å². The Kier molecular flexibility index (Phi) is 4.52. The van der Waals surface area contributed by atoms with E-state index in [-0.39, 0.29) is 12.6 Å². The van der Waals surface area contributed by atoms with E-state index in [1.54, 1.807) is 17.5 Å². The van der Waals surface area contributed by atoms with Gasteiger partial charge in [0.1, 0.15) is 4.21 Å². The third kappa shape index (κ3) is 3.18. The Hall–Kier alpha value is -0.730. The summed E-state index contributed by atoms with van der Waals surface area (Å²) < 4.78 is 27.1. The average Bonchev–Trinajstić information content (AvgIpc) is 3.02. The molecule has 2 rings (SSSR count). The van der Waals surface area contributed by atoms with Gasteiger partial charge in [0, 0.05) is 11.5 Å². The monoisotopic (exact) mass is 303 g/mol. The Morgan fingerprint density at radius 1 is 1.22 bits per heavy atom. The molecule has 0 radical (unpaired) electrons. The number of nitrogens with one attached hydrogen (secondary N) is 1. The van der Waals surface area contributed by atoms with E-state index in [1.807, 2.05) is 17.5 Å². The first-order chi connectivity index (χ1) is 8.63. The summed E-state index contributed by atoms with van der Waals surface area (Å²) in [4.78, 5) is 0.907. The number of hydrogen-bond acceptors (Lipinski definition) is 5. The summed E-state index contributed by atoms with van der Waals surface area (Å²) in [6, 6.07) is 6.62. The normalized spacial score (nSPS) is 13.6. The summed E-state index contributed by atoms with van der Waals surface area (Å²) in [7, 11) is -3.50. The first kappa shape index (κ1) is 13.7. The first-order valence-corrected chi connectivity index (χ1v) is 8.58. The molecule has 0 aliphatic carbocycles. The van der Waals surface area contributed by atoms with Crippen molar-refractivity contribution < 1.29 is 13.5 Å². The van der Waals surface area contributed by atoms with Crippen LogP contribution in [0.25, 0.3) is 0 Å². The molecule has 0 amide bonds. The maximum Gasteiger partial charge on any atom is 0.250 e. The molecule has 1 atom stereocenters. The van der Waals surface area contributed by atoms with Gasteiger partial charge in [-0.1, -0.05) is 12.1 Å². The molecule has 0 saturated heterocycles. The molecule has 0 spiro atoms. The molecular weight excluding hydrogens is 290 g/mol. The second-order valence-electron chi connectivity index (χ2n) is 3.63. The van der Waals surface area contributed by atoms with Gasteiger partial charge in [0.25, 0.3) is 10.0 Å². The Labute approximate surface area is 114 Å². The molecule has 18 heavy (non-hydrogen) atoms. The van der Waals surface area contributed by atoms with Crippen molar-refractivity contribution in [2.24, 2.45) is 0 Å². The number of sulfonamides is 1. The SMILES string of the molecule is O=S(=O)(NC(CCO)c1cccs1)c1cccs1. The molecule has 0 aliphatic heterocycles. The molecule has 0 aliphatic rings. The van der Waals surface area contributed by atoms with Crippen LogP contribution >= 0.6 is 22.7 Å². The lowest BCUT2D eigenvalue weighted by molar-refractivity contribution is 0.273. The van der Waals surface area contributed by atoms with Crippen LogP contribution in [0.1, 0.15) is 17.3 Å². The number of aliphatic hydroxyl groups is 1. The molecule has 2 aromatic rings. The van der Waals surface area contributed by atoms with E-state index in [9.17, 15) is 8.42 Å². The van der Waals surface area contributed by atoms with Crippen LogP contribution in [-0.4, -0.2) is 20.1 Å². The number of thiophene rings is 2. The van der Waals surface area contributed by atoms with E-state index in [1.165, 1.54) is 22.7 Å². The Morgan fingerprint density at radius 3 is 2.50 bits per heavy atom. The number of rotatable bonds is 6. The fourth-order valence-corrected chi connectivity index (χ4v) is 4.69. The fourth-order valence-electron chi connectivity index (χ4n) is 1.54. The van der Waals surface area contributed by atoms with E-state index in [4.69, 9.17) is 5.11 Å². The second kappa shape index (κ2) is 5.94. The topological polar surface area (TPSA) is 66.4 Å². The second-order valence-corrected chi connectivity index (χ2v) is 7.50.